The SMILES string of the molecule is COC(=O)c1coc(CN2CCC3(CCNC3)C2)c1. The van der Waals surface area contributed by atoms with Crippen LogP contribution in [0.4, 0.5) is 0 Å². The molecule has 0 saturated carbocycles. The largest absolute Gasteiger partial charge is 0.467 e. The fraction of sp³-hybridized carbons (Fsp3) is 0.643. The second kappa shape index (κ2) is 4.98. The van der Waals surface area contributed by atoms with Gasteiger partial charge < -0.3 is 14.5 Å². The maximum absolute atomic E-state index is 11.4. The standard InChI is InChI=1S/C14H20N2O3/c1-18-13(17)11-6-12(19-8-11)7-16-5-3-14(10-16)2-4-15-9-14/h6,8,15H,2-5,7,9-10H2,1H3. The summed E-state index contributed by atoms with van der Waals surface area (Å²) in [6.07, 6.45) is 4.00. The molecule has 3 heterocycles. The van der Waals surface area contributed by atoms with Crippen molar-refractivity contribution in [3.8, 4) is 0 Å². The summed E-state index contributed by atoms with van der Waals surface area (Å²) in [6.45, 7) is 5.28. The van der Waals surface area contributed by atoms with E-state index in [1.54, 1.807) is 6.07 Å². The Morgan fingerprint density at radius 3 is 3.21 bits per heavy atom. The molecular weight excluding hydrogens is 244 g/mol. The van der Waals surface area contributed by atoms with Crippen LogP contribution in [0.25, 0.3) is 0 Å². The minimum atomic E-state index is -0.340. The van der Waals surface area contributed by atoms with Crippen LogP contribution in [0.2, 0.25) is 0 Å². The van der Waals surface area contributed by atoms with E-state index in [1.165, 1.54) is 26.2 Å². The molecule has 1 unspecified atom stereocenters. The first-order chi connectivity index (χ1) is 9.21. The lowest BCUT2D eigenvalue weighted by Gasteiger charge is -2.22. The molecule has 2 fully saturated rings. The maximum Gasteiger partial charge on any atom is 0.341 e. The zero-order valence-corrected chi connectivity index (χ0v) is 11.3. The Hall–Kier alpha value is -1.33. The average molecular weight is 264 g/mol. The average Bonchev–Trinajstić information content (AvgIpc) is 3.13. The molecule has 19 heavy (non-hydrogen) atoms. The Labute approximate surface area is 112 Å². The Morgan fingerprint density at radius 2 is 2.47 bits per heavy atom. The number of nitrogens with zero attached hydrogens (tertiary/aromatic N) is 1. The van der Waals surface area contributed by atoms with Crippen molar-refractivity contribution in [1.29, 1.82) is 0 Å². The van der Waals surface area contributed by atoms with Crippen molar-refractivity contribution in [3.05, 3.63) is 23.7 Å². The number of furan rings is 1. The van der Waals surface area contributed by atoms with Crippen LogP contribution in [-0.4, -0.2) is 44.2 Å². The lowest BCUT2D eigenvalue weighted by Crippen LogP contribution is -2.28. The smallest absolute Gasteiger partial charge is 0.341 e. The number of hydrogen-bond donors (Lipinski definition) is 1. The van der Waals surface area contributed by atoms with Crippen LogP contribution in [-0.2, 0) is 11.3 Å². The van der Waals surface area contributed by atoms with Gasteiger partial charge in [-0.2, -0.15) is 0 Å². The minimum Gasteiger partial charge on any atom is -0.467 e. The van der Waals surface area contributed by atoms with Crippen molar-refractivity contribution in [2.75, 3.05) is 33.3 Å². The Balaban J connectivity index is 1.60. The molecular formula is C14H20N2O3. The van der Waals surface area contributed by atoms with Crippen molar-refractivity contribution >= 4 is 5.97 Å². The maximum atomic E-state index is 11.4. The summed E-state index contributed by atoms with van der Waals surface area (Å²) >= 11 is 0. The van der Waals surface area contributed by atoms with Gasteiger partial charge in [0, 0.05) is 13.1 Å². The number of esters is 1. The van der Waals surface area contributed by atoms with Crippen LogP contribution < -0.4 is 5.32 Å². The minimum absolute atomic E-state index is 0.340. The van der Waals surface area contributed by atoms with Gasteiger partial charge in [-0.25, -0.2) is 4.79 Å². The number of likely N-dealkylation sites (tertiary alicyclic amines) is 1. The molecule has 2 saturated heterocycles. The van der Waals surface area contributed by atoms with E-state index in [9.17, 15) is 4.79 Å². The van der Waals surface area contributed by atoms with E-state index < -0.39 is 0 Å². The van der Waals surface area contributed by atoms with Crippen LogP contribution in [0.15, 0.2) is 16.7 Å². The molecule has 0 bridgehead atoms. The molecule has 0 radical (unpaired) electrons. The molecule has 2 aliphatic rings. The van der Waals surface area contributed by atoms with Crippen molar-refractivity contribution in [2.24, 2.45) is 5.41 Å². The summed E-state index contributed by atoms with van der Waals surface area (Å²) < 4.78 is 10.1. The molecule has 0 aliphatic carbocycles. The summed E-state index contributed by atoms with van der Waals surface area (Å²) in [5.41, 5.74) is 0.964. The number of rotatable bonds is 3. The Morgan fingerprint density at radius 1 is 1.58 bits per heavy atom. The molecule has 1 aromatic heterocycles. The first kappa shape index (κ1) is 12.7. The number of methoxy groups -OCH3 is 1. The van der Waals surface area contributed by atoms with Crippen molar-refractivity contribution in [2.45, 2.75) is 19.4 Å². The van der Waals surface area contributed by atoms with Gasteiger partial charge in [-0.1, -0.05) is 0 Å². The molecule has 1 spiro atoms. The lowest BCUT2D eigenvalue weighted by atomic mass is 9.87. The van der Waals surface area contributed by atoms with Crippen LogP contribution in [0, 0.1) is 5.41 Å². The van der Waals surface area contributed by atoms with E-state index in [-0.39, 0.29) is 5.97 Å². The van der Waals surface area contributed by atoms with Gasteiger partial charge >= 0.3 is 5.97 Å². The van der Waals surface area contributed by atoms with Gasteiger partial charge in [0.1, 0.15) is 12.0 Å². The van der Waals surface area contributed by atoms with Crippen molar-refractivity contribution < 1.29 is 13.9 Å². The summed E-state index contributed by atoms with van der Waals surface area (Å²) in [5.74, 6) is 0.497. The normalized spacial score (nSPS) is 27.2. The molecule has 1 N–H and O–H groups in total. The number of carbonyl (C=O) groups is 1. The third-order valence-corrected chi connectivity index (χ3v) is 4.30. The van der Waals surface area contributed by atoms with E-state index in [0.29, 0.717) is 11.0 Å². The second-order valence-electron chi connectivity index (χ2n) is 5.68. The monoisotopic (exact) mass is 264 g/mol. The summed E-state index contributed by atoms with van der Waals surface area (Å²) in [4.78, 5) is 13.8. The van der Waals surface area contributed by atoms with Crippen LogP contribution >= 0.6 is 0 Å². The van der Waals surface area contributed by atoms with E-state index in [2.05, 4.69) is 15.0 Å². The van der Waals surface area contributed by atoms with Crippen molar-refractivity contribution in [3.63, 3.8) is 0 Å². The molecule has 5 nitrogen and oxygen atoms in total. The number of ether oxygens (including phenoxy) is 1. The zero-order chi connectivity index (χ0) is 13.3. The van der Waals surface area contributed by atoms with Crippen LogP contribution in [0.5, 0.6) is 0 Å². The fourth-order valence-corrected chi connectivity index (χ4v) is 3.22. The highest BCUT2D eigenvalue weighted by Crippen LogP contribution is 2.36. The number of carbonyl (C=O) groups excluding carboxylic acids is 1. The van der Waals surface area contributed by atoms with E-state index in [4.69, 9.17) is 4.42 Å². The van der Waals surface area contributed by atoms with Gasteiger partial charge in [0.15, 0.2) is 0 Å². The molecule has 3 rings (SSSR count). The lowest BCUT2D eigenvalue weighted by molar-refractivity contribution is 0.0600. The number of nitrogens with one attached hydrogen (secondary N) is 1. The third-order valence-electron chi connectivity index (χ3n) is 4.30. The van der Waals surface area contributed by atoms with Crippen molar-refractivity contribution in [1.82, 2.24) is 10.2 Å². The van der Waals surface area contributed by atoms with Gasteiger partial charge in [0.05, 0.1) is 19.2 Å². The summed E-state index contributed by atoms with van der Waals surface area (Å²) in [7, 11) is 1.38. The molecule has 0 aromatic carbocycles. The zero-order valence-electron chi connectivity index (χ0n) is 11.3. The molecule has 1 atom stereocenters. The molecule has 104 valence electrons. The van der Waals surface area contributed by atoms with Gasteiger partial charge in [0.2, 0.25) is 0 Å². The molecule has 2 aliphatic heterocycles. The highest BCUT2D eigenvalue weighted by atomic mass is 16.5. The van der Waals surface area contributed by atoms with Crippen LogP contribution in [0.3, 0.4) is 0 Å². The topological polar surface area (TPSA) is 54.7 Å². The van der Waals surface area contributed by atoms with Crippen LogP contribution in [0.1, 0.15) is 29.0 Å². The molecule has 0 amide bonds. The summed E-state index contributed by atoms with van der Waals surface area (Å²) in [6, 6.07) is 1.78. The highest BCUT2D eigenvalue weighted by molar-refractivity contribution is 5.88. The third kappa shape index (κ3) is 2.53. The van der Waals surface area contributed by atoms with E-state index in [0.717, 1.165) is 38.5 Å². The Kier molecular flexibility index (Phi) is 3.33. The van der Waals surface area contributed by atoms with Gasteiger partial charge in [-0.15, -0.1) is 0 Å². The summed E-state index contributed by atoms with van der Waals surface area (Å²) in [5, 5.41) is 3.45. The molecule has 1 aromatic rings. The van der Waals surface area contributed by atoms with Gasteiger partial charge in [0.25, 0.3) is 0 Å². The first-order valence-electron chi connectivity index (χ1n) is 6.80. The quantitative estimate of drug-likeness (QED) is 0.833. The first-order valence-corrected chi connectivity index (χ1v) is 6.80. The predicted octanol–water partition coefficient (Wildman–Crippen LogP) is 1.25. The molecule has 5 heteroatoms. The van der Waals surface area contributed by atoms with Gasteiger partial charge in [-0.05, 0) is 37.4 Å². The van der Waals surface area contributed by atoms with E-state index in [1.807, 2.05) is 0 Å². The Bertz CT molecular complexity index is 463. The highest BCUT2D eigenvalue weighted by Gasteiger charge is 2.40. The van der Waals surface area contributed by atoms with E-state index >= 15 is 0 Å². The van der Waals surface area contributed by atoms with Gasteiger partial charge in [-0.3, -0.25) is 4.90 Å². The number of hydrogen-bond acceptors (Lipinski definition) is 5. The second-order valence-corrected chi connectivity index (χ2v) is 5.68. The fourth-order valence-electron chi connectivity index (χ4n) is 3.22. The predicted molar refractivity (Wildman–Crippen MR) is 69.9 cm³/mol.